The summed E-state index contributed by atoms with van der Waals surface area (Å²) in [5, 5.41) is 4.29. The monoisotopic (exact) mass is 358 g/mol. The molecule has 0 N–H and O–H groups in total. The van der Waals surface area contributed by atoms with E-state index < -0.39 is 15.8 Å². The van der Waals surface area contributed by atoms with Crippen LogP contribution in [0.3, 0.4) is 0 Å². The summed E-state index contributed by atoms with van der Waals surface area (Å²) < 4.78 is 33.0. The van der Waals surface area contributed by atoms with E-state index in [0.717, 1.165) is 0 Å². The Labute approximate surface area is 143 Å². The normalized spacial score (nSPS) is 14.6. The van der Waals surface area contributed by atoms with Gasteiger partial charge in [0.25, 0.3) is 0 Å². The van der Waals surface area contributed by atoms with E-state index in [1.807, 2.05) is 30.3 Å². The van der Waals surface area contributed by atoms with Crippen LogP contribution in [-0.2, 0) is 20.3 Å². The van der Waals surface area contributed by atoms with Crippen molar-refractivity contribution in [3.05, 3.63) is 54.0 Å². The number of hydrogen-bond donors (Lipinski definition) is 0. The number of ether oxygens (including phenoxy) is 1. The Morgan fingerprint density at radius 1 is 1.28 bits per heavy atom. The Morgan fingerprint density at radius 3 is 2.76 bits per heavy atom. The van der Waals surface area contributed by atoms with Gasteiger partial charge in [0.05, 0.1) is 18.0 Å². The molecule has 9 heteroatoms. The van der Waals surface area contributed by atoms with Crippen molar-refractivity contribution in [3.8, 4) is 11.5 Å². The highest BCUT2D eigenvalue weighted by Gasteiger charge is 2.37. The smallest absolute Gasteiger partial charge is 0.359 e. The van der Waals surface area contributed by atoms with Gasteiger partial charge in [-0.3, -0.25) is 4.57 Å². The van der Waals surface area contributed by atoms with Crippen molar-refractivity contribution in [2.24, 2.45) is 0 Å². The van der Waals surface area contributed by atoms with Crippen LogP contribution >= 0.6 is 0 Å². The first-order chi connectivity index (χ1) is 12.0. The van der Waals surface area contributed by atoms with E-state index in [9.17, 15) is 13.2 Å². The predicted octanol–water partition coefficient (Wildman–Crippen LogP) is 1.52. The topological polar surface area (TPSA) is 96.1 Å². The first-order valence-corrected chi connectivity index (χ1v) is 9.29. The molecule has 1 aliphatic heterocycles. The van der Waals surface area contributed by atoms with Crippen LogP contribution in [0.25, 0.3) is 11.5 Å². The molecule has 8 nitrogen and oxygen atoms in total. The molecule has 0 radical (unpaired) electrons. The Kier molecular flexibility index (Phi) is 3.46. The van der Waals surface area contributed by atoms with Gasteiger partial charge in [0.1, 0.15) is 5.82 Å². The number of rotatable bonds is 3. The molecule has 0 saturated heterocycles. The summed E-state index contributed by atoms with van der Waals surface area (Å²) in [6.45, 7) is 1.86. The van der Waals surface area contributed by atoms with E-state index >= 15 is 0 Å². The number of benzene rings is 1. The number of sulfone groups is 1. The van der Waals surface area contributed by atoms with E-state index in [0.29, 0.717) is 17.1 Å². The van der Waals surface area contributed by atoms with Crippen LogP contribution in [-0.4, -0.2) is 40.3 Å². The van der Waals surface area contributed by atoms with Crippen LogP contribution in [0.4, 0.5) is 0 Å². The molecule has 0 aliphatic carbocycles. The number of hydrogen-bond acceptors (Lipinski definition) is 6. The van der Waals surface area contributed by atoms with Gasteiger partial charge in [0.2, 0.25) is 15.0 Å². The van der Waals surface area contributed by atoms with E-state index in [1.54, 1.807) is 17.8 Å². The lowest BCUT2D eigenvalue weighted by atomic mass is 10.2. The molecule has 3 aromatic rings. The van der Waals surface area contributed by atoms with Gasteiger partial charge in [-0.05, 0) is 19.1 Å². The van der Waals surface area contributed by atoms with Gasteiger partial charge in [0, 0.05) is 18.0 Å². The average molecular weight is 358 g/mol. The summed E-state index contributed by atoms with van der Waals surface area (Å²) in [5.41, 5.74) is 1.02. The zero-order chi connectivity index (χ0) is 17.6. The first-order valence-electron chi connectivity index (χ1n) is 7.64. The molecule has 0 bridgehead atoms. The largest absolute Gasteiger partial charge is 0.461 e. The number of fused-ring (bicyclic) bond motifs is 3. The fourth-order valence-electron chi connectivity index (χ4n) is 2.87. The van der Waals surface area contributed by atoms with Crippen LogP contribution < -0.4 is 0 Å². The maximum atomic E-state index is 12.5. The lowest BCUT2D eigenvalue weighted by Gasteiger charge is -2.17. The van der Waals surface area contributed by atoms with Gasteiger partial charge in [-0.1, -0.05) is 18.2 Å². The molecular formula is C16H14N4O4S. The molecule has 0 spiro atoms. The summed E-state index contributed by atoms with van der Waals surface area (Å²) in [4.78, 5) is 16.3. The number of carbonyl (C=O) groups excluding carboxylic acids is 1. The van der Waals surface area contributed by atoms with Gasteiger partial charge in [0.15, 0.2) is 5.69 Å². The van der Waals surface area contributed by atoms with Crippen LogP contribution in [0.15, 0.2) is 47.9 Å². The highest BCUT2D eigenvalue weighted by molar-refractivity contribution is 7.90. The van der Waals surface area contributed by atoms with Crippen molar-refractivity contribution >= 4 is 15.8 Å². The van der Waals surface area contributed by atoms with Gasteiger partial charge in [-0.25, -0.2) is 22.9 Å². The van der Waals surface area contributed by atoms with Crippen LogP contribution in [0, 0.1) is 0 Å². The third-order valence-corrected chi connectivity index (χ3v) is 5.40. The molecule has 0 saturated carbocycles. The van der Waals surface area contributed by atoms with Crippen molar-refractivity contribution in [2.75, 3.05) is 6.61 Å². The first kappa shape index (κ1) is 15.6. The van der Waals surface area contributed by atoms with Gasteiger partial charge < -0.3 is 4.74 Å². The molecule has 0 atom stereocenters. The van der Waals surface area contributed by atoms with Crippen molar-refractivity contribution in [2.45, 2.75) is 17.8 Å². The molecular weight excluding hydrogens is 344 g/mol. The fourth-order valence-corrected chi connectivity index (χ4v) is 4.31. The number of esters is 1. The van der Waals surface area contributed by atoms with Crippen LogP contribution in [0.2, 0.25) is 0 Å². The van der Waals surface area contributed by atoms with Crippen molar-refractivity contribution in [1.82, 2.24) is 19.3 Å². The Morgan fingerprint density at radius 2 is 2.04 bits per heavy atom. The molecule has 0 amide bonds. The maximum Gasteiger partial charge on any atom is 0.359 e. The standard InChI is InChI=1S/C16H14N4O4S/c1-2-24-15(21)13-12-10-25(22,23)16-17-8-9-19(16)14(12)20(18-13)11-6-4-3-5-7-11/h3-9H,2,10H2,1H3. The quantitative estimate of drug-likeness (QED) is 0.659. The molecule has 128 valence electrons. The predicted molar refractivity (Wildman–Crippen MR) is 87.5 cm³/mol. The van der Waals surface area contributed by atoms with Gasteiger partial charge in [-0.15, -0.1) is 0 Å². The summed E-state index contributed by atoms with van der Waals surface area (Å²) in [7, 11) is -3.66. The zero-order valence-electron chi connectivity index (χ0n) is 13.3. The van der Waals surface area contributed by atoms with E-state index in [2.05, 4.69) is 10.1 Å². The second kappa shape index (κ2) is 5.55. The second-order valence-electron chi connectivity index (χ2n) is 5.46. The summed E-state index contributed by atoms with van der Waals surface area (Å²) in [6, 6.07) is 9.17. The Bertz CT molecular complexity index is 1070. The number of imidazole rings is 1. The van der Waals surface area contributed by atoms with E-state index in [4.69, 9.17) is 4.74 Å². The highest BCUT2D eigenvalue weighted by atomic mass is 32.2. The fraction of sp³-hybridized carbons (Fsp3) is 0.188. The molecule has 3 heterocycles. The lowest BCUT2D eigenvalue weighted by Crippen LogP contribution is -2.21. The van der Waals surface area contributed by atoms with Crippen molar-refractivity contribution in [1.29, 1.82) is 0 Å². The second-order valence-corrected chi connectivity index (χ2v) is 7.34. The van der Waals surface area contributed by atoms with Gasteiger partial charge in [-0.2, -0.15) is 5.10 Å². The van der Waals surface area contributed by atoms with E-state index in [-0.39, 0.29) is 23.2 Å². The van der Waals surface area contributed by atoms with E-state index in [1.165, 1.54) is 10.8 Å². The summed E-state index contributed by atoms with van der Waals surface area (Å²) in [5.74, 6) is -0.510. The van der Waals surface area contributed by atoms with Crippen LogP contribution in [0.5, 0.6) is 0 Å². The molecule has 2 aromatic heterocycles. The maximum absolute atomic E-state index is 12.5. The van der Waals surface area contributed by atoms with Crippen LogP contribution in [0.1, 0.15) is 23.0 Å². The molecule has 1 aromatic carbocycles. The molecule has 1 aliphatic rings. The molecule has 0 fully saturated rings. The van der Waals surface area contributed by atoms with Gasteiger partial charge >= 0.3 is 5.97 Å². The Balaban J connectivity index is 2.03. The number of carbonyl (C=O) groups is 1. The third kappa shape index (κ3) is 2.35. The van der Waals surface area contributed by atoms with Crippen molar-refractivity contribution in [3.63, 3.8) is 0 Å². The minimum Gasteiger partial charge on any atom is -0.461 e. The SMILES string of the molecule is CCOC(=O)c1nn(-c2ccccc2)c2c1CS(=O)(=O)c1nccn1-2. The molecule has 4 rings (SSSR count). The minimum atomic E-state index is -3.66. The molecule has 25 heavy (non-hydrogen) atoms. The number of nitrogens with zero attached hydrogens (tertiary/aromatic N) is 4. The lowest BCUT2D eigenvalue weighted by molar-refractivity contribution is 0.0518. The zero-order valence-corrected chi connectivity index (χ0v) is 14.1. The Hall–Kier alpha value is -2.94. The minimum absolute atomic E-state index is 0.00336. The highest BCUT2D eigenvalue weighted by Crippen LogP contribution is 2.33. The summed E-state index contributed by atoms with van der Waals surface area (Å²) in [6.07, 6.45) is 2.95. The molecule has 0 unspecified atom stereocenters. The third-order valence-electron chi connectivity index (χ3n) is 3.87. The summed E-state index contributed by atoms with van der Waals surface area (Å²) >= 11 is 0. The number of aromatic nitrogens is 4. The average Bonchev–Trinajstić information content (AvgIpc) is 3.20. The number of para-hydroxylation sites is 1. The van der Waals surface area contributed by atoms with Crippen molar-refractivity contribution < 1.29 is 17.9 Å².